The SMILES string of the molecule is O=C1C(Nc2cccc(OC(F)(F)F)c2)=C(c2ccccc2)C(=O)N1CCc1ccccc1. The summed E-state index contributed by atoms with van der Waals surface area (Å²) in [6, 6.07) is 23.2. The van der Waals surface area contributed by atoms with Gasteiger partial charge in [0, 0.05) is 18.3 Å². The maximum Gasteiger partial charge on any atom is 0.573 e. The van der Waals surface area contributed by atoms with E-state index in [-0.39, 0.29) is 23.5 Å². The first-order valence-corrected chi connectivity index (χ1v) is 10.1. The highest BCUT2D eigenvalue weighted by molar-refractivity contribution is 6.36. The van der Waals surface area contributed by atoms with Gasteiger partial charge in [0.15, 0.2) is 0 Å². The topological polar surface area (TPSA) is 58.6 Å². The Labute approximate surface area is 188 Å². The van der Waals surface area contributed by atoms with Gasteiger partial charge in [-0.25, -0.2) is 0 Å². The first-order valence-electron chi connectivity index (χ1n) is 10.1. The number of amides is 2. The van der Waals surface area contributed by atoms with E-state index < -0.39 is 23.9 Å². The van der Waals surface area contributed by atoms with Gasteiger partial charge in [-0.05, 0) is 29.7 Å². The minimum Gasteiger partial charge on any atom is -0.406 e. The van der Waals surface area contributed by atoms with Crippen molar-refractivity contribution < 1.29 is 27.5 Å². The number of hydrogen-bond donors (Lipinski definition) is 1. The van der Waals surface area contributed by atoms with Gasteiger partial charge in [0.05, 0.1) is 5.57 Å². The zero-order valence-corrected chi connectivity index (χ0v) is 17.3. The molecular formula is C25H19F3N2O3. The van der Waals surface area contributed by atoms with Gasteiger partial charge in [0.25, 0.3) is 11.8 Å². The van der Waals surface area contributed by atoms with Crippen molar-refractivity contribution in [3.8, 4) is 5.75 Å². The average molecular weight is 452 g/mol. The van der Waals surface area contributed by atoms with Crippen LogP contribution < -0.4 is 10.1 Å². The predicted molar refractivity (Wildman–Crippen MR) is 117 cm³/mol. The van der Waals surface area contributed by atoms with Gasteiger partial charge in [-0.3, -0.25) is 14.5 Å². The number of alkyl halides is 3. The molecule has 1 heterocycles. The molecule has 3 aromatic rings. The molecule has 0 radical (unpaired) electrons. The van der Waals surface area contributed by atoms with Crippen LogP contribution in [0.3, 0.4) is 0 Å². The highest BCUT2D eigenvalue weighted by Crippen LogP contribution is 2.32. The van der Waals surface area contributed by atoms with Crippen molar-refractivity contribution in [1.82, 2.24) is 4.90 Å². The van der Waals surface area contributed by atoms with Gasteiger partial charge in [-0.15, -0.1) is 13.2 Å². The third-order valence-corrected chi connectivity index (χ3v) is 5.03. The number of carbonyl (C=O) groups is 2. The second kappa shape index (κ2) is 9.20. The normalized spacial score (nSPS) is 14.1. The Kier molecular flexibility index (Phi) is 6.17. The van der Waals surface area contributed by atoms with Crippen molar-refractivity contribution >= 4 is 23.1 Å². The number of nitrogens with one attached hydrogen (secondary N) is 1. The van der Waals surface area contributed by atoms with E-state index in [1.54, 1.807) is 30.3 Å². The summed E-state index contributed by atoms with van der Waals surface area (Å²) < 4.78 is 41.7. The van der Waals surface area contributed by atoms with Crippen molar-refractivity contribution in [3.05, 3.63) is 102 Å². The molecule has 3 aromatic carbocycles. The molecule has 1 N–H and O–H groups in total. The van der Waals surface area contributed by atoms with Crippen LogP contribution in [0.1, 0.15) is 11.1 Å². The molecule has 0 fully saturated rings. The number of hydrogen-bond acceptors (Lipinski definition) is 4. The second-order valence-corrected chi connectivity index (χ2v) is 7.31. The number of anilines is 1. The Morgan fingerprint density at radius 2 is 1.48 bits per heavy atom. The lowest BCUT2D eigenvalue weighted by Gasteiger charge is -2.15. The first-order chi connectivity index (χ1) is 15.8. The van der Waals surface area contributed by atoms with Crippen LogP contribution in [-0.2, 0) is 16.0 Å². The molecule has 0 saturated carbocycles. The third-order valence-electron chi connectivity index (χ3n) is 5.03. The van der Waals surface area contributed by atoms with E-state index in [1.165, 1.54) is 12.1 Å². The highest BCUT2D eigenvalue weighted by atomic mass is 19.4. The fourth-order valence-corrected chi connectivity index (χ4v) is 3.57. The van der Waals surface area contributed by atoms with Crippen LogP contribution in [0.25, 0.3) is 5.57 Å². The van der Waals surface area contributed by atoms with E-state index in [4.69, 9.17) is 0 Å². The monoisotopic (exact) mass is 452 g/mol. The van der Waals surface area contributed by atoms with E-state index in [1.807, 2.05) is 30.3 Å². The molecule has 2 amide bonds. The summed E-state index contributed by atoms with van der Waals surface area (Å²) in [6.07, 6.45) is -4.37. The number of imide groups is 1. The van der Waals surface area contributed by atoms with Crippen LogP contribution in [0.4, 0.5) is 18.9 Å². The van der Waals surface area contributed by atoms with Gasteiger partial charge in [0.1, 0.15) is 11.4 Å². The Morgan fingerprint density at radius 3 is 2.15 bits per heavy atom. The van der Waals surface area contributed by atoms with E-state index in [0.717, 1.165) is 22.6 Å². The van der Waals surface area contributed by atoms with Crippen LogP contribution in [-0.4, -0.2) is 29.6 Å². The standard InChI is InChI=1S/C25H19F3N2O3/c26-25(27,28)33-20-13-7-12-19(16-20)29-22-21(18-10-5-2-6-11-18)23(31)30(24(22)32)15-14-17-8-3-1-4-9-17/h1-13,16,29H,14-15H2. The first kappa shape index (κ1) is 22.1. The second-order valence-electron chi connectivity index (χ2n) is 7.31. The predicted octanol–water partition coefficient (Wildman–Crippen LogP) is 5.02. The number of rotatable bonds is 7. The van der Waals surface area contributed by atoms with Crippen molar-refractivity contribution in [1.29, 1.82) is 0 Å². The smallest absolute Gasteiger partial charge is 0.406 e. The van der Waals surface area contributed by atoms with Gasteiger partial charge in [0.2, 0.25) is 0 Å². The van der Waals surface area contributed by atoms with Gasteiger partial charge in [-0.2, -0.15) is 0 Å². The number of carbonyl (C=O) groups excluding carboxylic acids is 2. The van der Waals surface area contributed by atoms with E-state index in [9.17, 15) is 22.8 Å². The van der Waals surface area contributed by atoms with Crippen LogP contribution >= 0.6 is 0 Å². The number of nitrogens with zero attached hydrogens (tertiary/aromatic N) is 1. The Morgan fingerprint density at radius 1 is 0.818 bits per heavy atom. The molecule has 0 unspecified atom stereocenters. The summed E-state index contributed by atoms with van der Waals surface area (Å²) in [5.74, 6) is -1.45. The fourth-order valence-electron chi connectivity index (χ4n) is 3.57. The molecule has 1 aliphatic rings. The summed E-state index contributed by atoms with van der Waals surface area (Å²) >= 11 is 0. The van der Waals surface area contributed by atoms with E-state index >= 15 is 0 Å². The third kappa shape index (κ3) is 5.23. The number of halogens is 3. The fraction of sp³-hybridized carbons (Fsp3) is 0.120. The average Bonchev–Trinajstić information content (AvgIpc) is 3.02. The molecule has 0 aromatic heterocycles. The van der Waals surface area contributed by atoms with Crippen molar-refractivity contribution in [2.75, 3.05) is 11.9 Å². The van der Waals surface area contributed by atoms with Crippen LogP contribution in [0.5, 0.6) is 5.75 Å². The Hall–Kier alpha value is -4.07. The highest BCUT2D eigenvalue weighted by Gasteiger charge is 2.39. The molecule has 0 saturated heterocycles. The van der Waals surface area contributed by atoms with E-state index in [0.29, 0.717) is 12.0 Å². The van der Waals surface area contributed by atoms with E-state index in [2.05, 4.69) is 10.1 Å². The molecule has 0 bridgehead atoms. The van der Waals surface area contributed by atoms with Crippen molar-refractivity contribution in [3.63, 3.8) is 0 Å². The van der Waals surface area contributed by atoms with Gasteiger partial charge < -0.3 is 10.1 Å². The molecule has 33 heavy (non-hydrogen) atoms. The van der Waals surface area contributed by atoms with Crippen LogP contribution in [0, 0.1) is 0 Å². The summed E-state index contributed by atoms with van der Waals surface area (Å²) in [4.78, 5) is 27.6. The van der Waals surface area contributed by atoms with Gasteiger partial charge in [-0.1, -0.05) is 66.7 Å². The number of ether oxygens (including phenoxy) is 1. The van der Waals surface area contributed by atoms with Crippen molar-refractivity contribution in [2.24, 2.45) is 0 Å². The number of benzene rings is 3. The Balaban J connectivity index is 1.64. The lowest BCUT2D eigenvalue weighted by Crippen LogP contribution is -2.34. The molecule has 0 spiro atoms. The molecule has 4 rings (SSSR count). The van der Waals surface area contributed by atoms with Crippen LogP contribution in [0.2, 0.25) is 0 Å². The summed E-state index contributed by atoms with van der Waals surface area (Å²) in [5.41, 5.74) is 1.85. The molecule has 5 nitrogen and oxygen atoms in total. The summed E-state index contributed by atoms with van der Waals surface area (Å²) in [6.45, 7) is 0.167. The lowest BCUT2D eigenvalue weighted by atomic mass is 10.0. The Bertz CT molecular complexity index is 1190. The zero-order chi connectivity index (χ0) is 23.4. The zero-order valence-electron chi connectivity index (χ0n) is 17.3. The molecule has 1 aliphatic heterocycles. The largest absolute Gasteiger partial charge is 0.573 e. The molecule has 0 aliphatic carbocycles. The molecule has 8 heteroatoms. The maximum atomic E-state index is 13.2. The quantitative estimate of drug-likeness (QED) is 0.512. The summed E-state index contributed by atoms with van der Waals surface area (Å²) in [7, 11) is 0. The molecular weight excluding hydrogens is 433 g/mol. The lowest BCUT2D eigenvalue weighted by molar-refractivity contribution is -0.274. The minimum atomic E-state index is -4.85. The maximum absolute atomic E-state index is 13.2. The molecule has 168 valence electrons. The van der Waals surface area contributed by atoms with Crippen molar-refractivity contribution in [2.45, 2.75) is 12.8 Å². The van der Waals surface area contributed by atoms with Crippen LogP contribution in [0.15, 0.2) is 90.6 Å². The van der Waals surface area contributed by atoms with Gasteiger partial charge >= 0.3 is 6.36 Å². The summed E-state index contributed by atoms with van der Waals surface area (Å²) in [5, 5.41) is 2.84. The molecule has 0 atom stereocenters. The minimum absolute atomic E-state index is 0.00317.